The molecule has 51 heavy (non-hydrogen) atoms. The number of aliphatic hydroxyl groups excluding tert-OH is 1. The number of amides is 1. The van der Waals surface area contributed by atoms with Crippen LogP contribution in [0.25, 0.3) is 0 Å². The molecule has 13 heteroatoms. The Labute approximate surface area is 301 Å². The van der Waals surface area contributed by atoms with E-state index in [4.69, 9.17) is 42.6 Å². The van der Waals surface area contributed by atoms with Gasteiger partial charge in [0, 0.05) is 26.6 Å². The lowest BCUT2D eigenvalue weighted by atomic mass is 9.88. The van der Waals surface area contributed by atoms with Crippen molar-refractivity contribution in [2.75, 3.05) is 54.7 Å². The molecule has 4 rings (SSSR count). The second-order valence-electron chi connectivity index (χ2n) is 14.3. The normalized spacial score (nSPS) is 23.7. The number of nitrogens with zero attached hydrogens (tertiary/aromatic N) is 1. The first kappa shape index (κ1) is 40.6. The lowest BCUT2D eigenvalue weighted by Crippen LogP contribution is -2.52. The van der Waals surface area contributed by atoms with E-state index >= 15 is 0 Å². The van der Waals surface area contributed by atoms with Crippen molar-refractivity contribution >= 4 is 11.9 Å². The van der Waals surface area contributed by atoms with E-state index in [1.165, 1.54) is 21.3 Å². The average Bonchev–Trinajstić information content (AvgIpc) is 3.60. The minimum atomic E-state index is -1.15. The summed E-state index contributed by atoms with van der Waals surface area (Å²) in [5, 5.41) is 12.2. The monoisotopic (exact) mass is 717 g/mol. The van der Waals surface area contributed by atoms with E-state index in [-0.39, 0.29) is 57.1 Å². The van der Waals surface area contributed by atoms with E-state index in [9.17, 15) is 14.7 Å². The van der Waals surface area contributed by atoms with Gasteiger partial charge in [-0.15, -0.1) is 0 Å². The number of hydrogen-bond acceptors (Lipinski definition) is 12. The Bertz CT molecular complexity index is 1400. The van der Waals surface area contributed by atoms with Gasteiger partial charge in [-0.25, -0.2) is 4.79 Å². The highest BCUT2D eigenvalue weighted by Crippen LogP contribution is 2.38. The second kappa shape index (κ2) is 18.6. The number of Topliss-reactive ketones (excluding diaryl/α,β-unsaturated/α-hetero) is 1. The van der Waals surface area contributed by atoms with Crippen molar-refractivity contribution in [3.05, 3.63) is 65.2 Å². The van der Waals surface area contributed by atoms with E-state index in [0.29, 0.717) is 24.3 Å². The summed E-state index contributed by atoms with van der Waals surface area (Å²) in [5.74, 6) is -1.42. The molecule has 1 unspecified atom stereocenters. The zero-order chi connectivity index (χ0) is 37.2. The van der Waals surface area contributed by atoms with Crippen LogP contribution in [0.2, 0.25) is 0 Å². The molecule has 0 saturated carbocycles. The number of rotatable bonds is 18. The Kier molecular flexibility index (Phi) is 14.8. The minimum Gasteiger partial charge on any atom is -0.496 e. The number of hydrogen-bond donors (Lipinski definition) is 1. The largest absolute Gasteiger partial charge is 0.496 e. The molecule has 1 amide bonds. The van der Waals surface area contributed by atoms with Gasteiger partial charge in [-0.3, -0.25) is 9.69 Å². The standard InChI is InChI=1S/C38H55NO12/c1-37(2,3)51-36(42)39-28(21-46-19-25-13-10-9-11-14-25)17-27(20-47-23-43-6)33(39)29(40)18-26-15-12-16-30(45-8)32(26)34(41)35-31(22-48-24-44-7)49-38(4,5)50-35/h9-16,27-29,31,33,35,40H,17-24H2,1-8H3/t27-,28-,29?,31+,33+,35-/m0/s1. The van der Waals surface area contributed by atoms with Crippen LogP contribution in [-0.4, -0.2) is 118 Å². The van der Waals surface area contributed by atoms with E-state index in [2.05, 4.69) is 0 Å². The Hall–Kier alpha value is -3.14. The molecule has 6 atom stereocenters. The first-order valence-electron chi connectivity index (χ1n) is 17.3. The fraction of sp³-hybridized carbons (Fsp3) is 0.632. The van der Waals surface area contributed by atoms with Gasteiger partial charge < -0.3 is 47.7 Å². The number of aliphatic hydroxyl groups is 1. The van der Waals surface area contributed by atoms with E-state index < -0.39 is 47.9 Å². The van der Waals surface area contributed by atoms with Gasteiger partial charge in [-0.2, -0.15) is 0 Å². The van der Waals surface area contributed by atoms with Gasteiger partial charge in [0.25, 0.3) is 0 Å². The maximum absolute atomic E-state index is 14.3. The summed E-state index contributed by atoms with van der Waals surface area (Å²) < 4.78 is 51.3. The first-order valence-corrected chi connectivity index (χ1v) is 17.3. The van der Waals surface area contributed by atoms with Crippen LogP contribution in [0.15, 0.2) is 48.5 Å². The zero-order valence-electron chi connectivity index (χ0n) is 31.1. The van der Waals surface area contributed by atoms with Crippen LogP contribution < -0.4 is 4.74 Å². The van der Waals surface area contributed by atoms with Crippen molar-refractivity contribution in [2.24, 2.45) is 5.92 Å². The van der Waals surface area contributed by atoms with Crippen LogP contribution in [0.1, 0.15) is 62.5 Å². The smallest absolute Gasteiger partial charge is 0.410 e. The highest BCUT2D eigenvalue weighted by molar-refractivity contribution is 6.03. The van der Waals surface area contributed by atoms with Crippen LogP contribution in [0.4, 0.5) is 4.79 Å². The van der Waals surface area contributed by atoms with E-state index in [1.54, 1.807) is 57.7 Å². The number of likely N-dealkylation sites (tertiary alicyclic amines) is 1. The number of methoxy groups -OCH3 is 3. The summed E-state index contributed by atoms with van der Waals surface area (Å²) in [7, 11) is 4.52. The molecule has 2 saturated heterocycles. The maximum atomic E-state index is 14.3. The Morgan fingerprint density at radius 3 is 2.25 bits per heavy atom. The van der Waals surface area contributed by atoms with Crippen molar-refractivity contribution in [2.45, 2.75) is 95.9 Å². The molecule has 2 aliphatic heterocycles. The van der Waals surface area contributed by atoms with E-state index in [1.807, 2.05) is 30.3 Å². The quantitative estimate of drug-likeness (QED) is 0.129. The van der Waals surface area contributed by atoms with Crippen LogP contribution in [0.3, 0.4) is 0 Å². The predicted molar refractivity (Wildman–Crippen MR) is 186 cm³/mol. The molecule has 2 aromatic rings. The Morgan fingerprint density at radius 1 is 0.922 bits per heavy atom. The number of carbonyl (C=O) groups is 2. The second-order valence-corrected chi connectivity index (χ2v) is 14.3. The molecule has 2 fully saturated rings. The van der Waals surface area contributed by atoms with Crippen molar-refractivity contribution in [3.8, 4) is 5.75 Å². The van der Waals surface area contributed by atoms with Crippen LogP contribution >= 0.6 is 0 Å². The molecule has 0 bridgehead atoms. The van der Waals surface area contributed by atoms with Gasteiger partial charge in [0.05, 0.1) is 57.3 Å². The van der Waals surface area contributed by atoms with Crippen LogP contribution in [-0.2, 0) is 50.9 Å². The molecule has 0 radical (unpaired) electrons. The van der Waals surface area contributed by atoms with E-state index in [0.717, 1.165) is 5.56 Å². The lowest BCUT2D eigenvalue weighted by Gasteiger charge is -2.36. The first-order chi connectivity index (χ1) is 24.3. The van der Waals surface area contributed by atoms with Gasteiger partial charge in [0.15, 0.2) is 17.7 Å². The van der Waals surface area contributed by atoms with Gasteiger partial charge in [0.2, 0.25) is 0 Å². The molecular formula is C38H55NO12. The van der Waals surface area contributed by atoms with Crippen LogP contribution in [0.5, 0.6) is 5.75 Å². The molecule has 2 aliphatic rings. The highest BCUT2D eigenvalue weighted by Gasteiger charge is 2.50. The third-order valence-electron chi connectivity index (χ3n) is 8.66. The third-order valence-corrected chi connectivity index (χ3v) is 8.66. The molecule has 2 aromatic carbocycles. The summed E-state index contributed by atoms with van der Waals surface area (Å²) in [4.78, 5) is 29.9. The third kappa shape index (κ3) is 11.2. The summed E-state index contributed by atoms with van der Waals surface area (Å²) in [5.41, 5.74) is 0.971. The lowest BCUT2D eigenvalue weighted by molar-refractivity contribution is -0.153. The summed E-state index contributed by atoms with van der Waals surface area (Å²) in [6.45, 7) is 9.75. The number of ketones is 1. The van der Waals surface area contributed by atoms with Gasteiger partial charge >= 0.3 is 6.09 Å². The van der Waals surface area contributed by atoms with Crippen molar-refractivity contribution in [1.29, 1.82) is 0 Å². The zero-order valence-corrected chi connectivity index (χ0v) is 31.1. The summed E-state index contributed by atoms with van der Waals surface area (Å²) >= 11 is 0. The van der Waals surface area contributed by atoms with Crippen molar-refractivity contribution < 1.29 is 57.3 Å². The Morgan fingerprint density at radius 2 is 1.61 bits per heavy atom. The minimum absolute atomic E-state index is 0.00240. The fourth-order valence-electron chi connectivity index (χ4n) is 6.75. The maximum Gasteiger partial charge on any atom is 0.410 e. The molecule has 1 N–H and O–H groups in total. The summed E-state index contributed by atoms with van der Waals surface area (Å²) in [6.07, 6.45) is -2.98. The fourth-order valence-corrected chi connectivity index (χ4v) is 6.75. The van der Waals surface area contributed by atoms with Gasteiger partial charge in [0.1, 0.15) is 31.0 Å². The SMILES string of the molecule is COCOC[C@@H]1C[C@@H](COCc2ccccc2)N(C(=O)OC(C)(C)C)[C@H]1C(O)Cc1cccc(OC)c1C(=O)[C@H]1OC(C)(C)O[C@@H]1COCOC. The molecule has 2 heterocycles. The van der Waals surface area contributed by atoms with Crippen molar-refractivity contribution in [3.63, 3.8) is 0 Å². The topological polar surface area (TPSA) is 141 Å². The molecule has 0 spiro atoms. The predicted octanol–water partition coefficient (Wildman–Crippen LogP) is 4.75. The average molecular weight is 718 g/mol. The van der Waals surface area contributed by atoms with Crippen LogP contribution in [0, 0.1) is 5.92 Å². The molecule has 0 aromatic heterocycles. The molecular weight excluding hydrogens is 662 g/mol. The van der Waals surface area contributed by atoms with Gasteiger partial charge in [-0.1, -0.05) is 42.5 Å². The molecule has 0 aliphatic carbocycles. The number of benzene rings is 2. The van der Waals surface area contributed by atoms with Gasteiger partial charge in [-0.05, 0) is 58.2 Å². The number of carbonyl (C=O) groups excluding carboxylic acids is 2. The highest BCUT2D eigenvalue weighted by atomic mass is 16.8. The molecule has 284 valence electrons. The Balaban J connectivity index is 1.66. The molecule has 13 nitrogen and oxygen atoms in total. The summed E-state index contributed by atoms with van der Waals surface area (Å²) in [6, 6.07) is 13.8. The number of ether oxygens (including phenoxy) is 9. The van der Waals surface area contributed by atoms with Crippen molar-refractivity contribution in [1.82, 2.24) is 4.90 Å².